The van der Waals surface area contributed by atoms with Crippen molar-refractivity contribution < 1.29 is 4.79 Å². The van der Waals surface area contributed by atoms with Crippen LogP contribution in [0.25, 0.3) is 5.69 Å². The van der Waals surface area contributed by atoms with Gasteiger partial charge in [0.2, 0.25) is 0 Å². The minimum absolute atomic E-state index is 0.121. The van der Waals surface area contributed by atoms with Gasteiger partial charge in [-0.25, -0.2) is 4.98 Å². The Hall–Kier alpha value is -2.96. The smallest absolute Gasteiger partial charge is 0.275 e. The van der Waals surface area contributed by atoms with Gasteiger partial charge in [-0.15, -0.1) is 5.10 Å². The molecule has 2 heterocycles. The second-order valence-corrected chi connectivity index (χ2v) is 6.22. The maximum absolute atomic E-state index is 12.5. The molecule has 7 nitrogen and oxygen atoms in total. The Bertz CT molecular complexity index is 839. The van der Waals surface area contributed by atoms with E-state index < -0.39 is 0 Å². The van der Waals surface area contributed by atoms with E-state index in [1.54, 1.807) is 11.9 Å². The number of carbonyl (C=O) groups excluding carboxylic acids is 1. The van der Waals surface area contributed by atoms with E-state index in [0.29, 0.717) is 12.2 Å². The molecule has 2 aromatic heterocycles. The van der Waals surface area contributed by atoms with Gasteiger partial charge >= 0.3 is 0 Å². The molecule has 26 heavy (non-hydrogen) atoms. The lowest BCUT2D eigenvalue weighted by molar-refractivity contribution is 0.0787. The first-order chi connectivity index (χ1) is 12.7. The minimum Gasteiger partial charge on any atom is -0.340 e. The number of hydrogen-bond acceptors (Lipinski definition) is 4. The molecule has 3 aromatic rings. The zero-order chi connectivity index (χ0) is 18.4. The van der Waals surface area contributed by atoms with Crippen LogP contribution in [0.1, 0.15) is 36.1 Å². The summed E-state index contributed by atoms with van der Waals surface area (Å²) in [5.41, 5.74) is 1.18. The fourth-order valence-corrected chi connectivity index (χ4v) is 2.83. The topological polar surface area (TPSA) is 68.8 Å². The second-order valence-electron chi connectivity index (χ2n) is 6.22. The predicted octanol–water partition coefficient (Wildman–Crippen LogP) is 2.58. The van der Waals surface area contributed by atoms with E-state index in [9.17, 15) is 4.79 Å². The lowest BCUT2D eigenvalue weighted by Gasteiger charge is -2.15. The van der Waals surface area contributed by atoms with Crippen LogP contribution in [-0.2, 0) is 13.0 Å². The Balaban J connectivity index is 1.55. The number of aromatic nitrogens is 5. The van der Waals surface area contributed by atoms with Crippen LogP contribution >= 0.6 is 0 Å². The second kappa shape index (κ2) is 8.42. The molecule has 0 fully saturated rings. The normalized spacial score (nSPS) is 10.8. The molecule has 0 saturated carbocycles. The van der Waals surface area contributed by atoms with Gasteiger partial charge in [-0.2, -0.15) is 9.90 Å². The van der Waals surface area contributed by atoms with Crippen LogP contribution in [0.2, 0.25) is 0 Å². The molecule has 7 heteroatoms. The maximum Gasteiger partial charge on any atom is 0.275 e. The van der Waals surface area contributed by atoms with Gasteiger partial charge in [-0.3, -0.25) is 4.79 Å². The molecule has 136 valence electrons. The number of hydrogen-bond donors (Lipinski definition) is 0. The quantitative estimate of drug-likeness (QED) is 0.625. The van der Waals surface area contributed by atoms with E-state index in [-0.39, 0.29) is 5.91 Å². The van der Waals surface area contributed by atoms with Crippen molar-refractivity contribution in [1.29, 1.82) is 0 Å². The first-order valence-corrected chi connectivity index (χ1v) is 8.92. The standard InChI is InChI=1S/C19H24N6O/c1-3-12-24-14-11-20-18(24)10-7-13-23(2)19(26)17-15-21-25(22-17)16-8-5-4-6-9-16/h4-6,8-9,11,14-15H,3,7,10,12-13H2,1-2H3. The lowest BCUT2D eigenvalue weighted by Crippen LogP contribution is -2.28. The number of para-hydroxylation sites is 1. The minimum atomic E-state index is -0.121. The summed E-state index contributed by atoms with van der Waals surface area (Å²) in [4.78, 5) is 20.1. The molecule has 0 aliphatic rings. The molecule has 0 spiro atoms. The Morgan fingerprint density at radius 3 is 2.81 bits per heavy atom. The Labute approximate surface area is 153 Å². The van der Waals surface area contributed by atoms with Gasteiger partial charge in [0.05, 0.1) is 11.9 Å². The number of aryl methyl sites for hydroxylation is 2. The monoisotopic (exact) mass is 352 g/mol. The molecule has 0 unspecified atom stereocenters. The molecular formula is C19H24N6O. The largest absolute Gasteiger partial charge is 0.340 e. The molecule has 0 bridgehead atoms. The summed E-state index contributed by atoms with van der Waals surface area (Å²) in [6.45, 7) is 3.78. The van der Waals surface area contributed by atoms with Crippen molar-refractivity contribution in [3.8, 4) is 5.69 Å². The molecular weight excluding hydrogens is 328 g/mol. The van der Waals surface area contributed by atoms with Crippen LogP contribution in [0.15, 0.2) is 48.9 Å². The highest BCUT2D eigenvalue weighted by Gasteiger charge is 2.16. The SMILES string of the molecule is CCCn1ccnc1CCCN(C)C(=O)c1cnn(-c2ccccc2)n1. The number of rotatable bonds is 8. The Kier molecular flexibility index (Phi) is 5.78. The van der Waals surface area contributed by atoms with E-state index in [4.69, 9.17) is 0 Å². The van der Waals surface area contributed by atoms with Gasteiger partial charge in [0, 0.05) is 39.0 Å². The van der Waals surface area contributed by atoms with Crippen molar-refractivity contribution in [2.75, 3.05) is 13.6 Å². The third-order valence-electron chi connectivity index (χ3n) is 4.20. The number of benzene rings is 1. The summed E-state index contributed by atoms with van der Waals surface area (Å²) in [6, 6.07) is 9.55. The van der Waals surface area contributed by atoms with E-state index in [2.05, 4.69) is 26.7 Å². The van der Waals surface area contributed by atoms with Crippen LogP contribution in [0.4, 0.5) is 0 Å². The van der Waals surface area contributed by atoms with Crippen LogP contribution in [0.5, 0.6) is 0 Å². The number of carbonyl (C=O) groups is 1. The van der Waals surface area contributed by atoms with Gasteiger partial charge in [-0.1, -0.05) is 25.1 Å². The summed E-state index contributed by atoms with van der Waals surface area (Å²) < 4.78 is 2.17. The van der Waals surface area contributed by atoms with Crippen molar-refractivity contribution >= 4 is 5.91 Å². The highest BCUT2D eigenvalue weighted by Crippen LogP contribution is 2.07. The summed E-state index contributed by atoms with van der Waals surface area (Å²) >= 11 is 0. The third-order valence-corrected chi connectivity index (χ3v) is 4.20. The Morgan fingerprint density at radius 2 is 2.04 bits per heavy atom. The van der Waals surface area contributed by atoms with Crippen molar-refractivity contribution in [3.63, 3.8) is 0 Å². The molecule has 0 N–H and O–H groups in total. The van der Waals surface area contributed by atoms with Crippen LogP contribution < -0.4 is 0 Å². The third kappa shape index (κ3) is 4.17. The highest BCUT2D eigenvalue weighted by atomic mass is 16.2. The maximum atomic E-state index is 12.5. The summed E-state index contributed by atoms with van der Waals surface area (Å²) in [5, 5.41) is 8.48. The van der Waals surface area contributed by atoms with E-state index >= 15 is 0 Å². The van der Waals surface area contributed by atoms with E-state index in [1.807, 2.05) is 42.7 Å². The summed E-state index contributed by atoms with van der Waals surface area (Å²) in [5.74, 6) is 0.951. The van der Waals surface area contributed by atoms with Gasteiger partial charge in [0.25, 0.3) is 5.91 Å². The van der Waals surface area contributed by atoms with Crippen molar-refractivity contribution in [3.05, 3.63) is 60.4 Å². The number of nitrogens with zero attached hydrogens (tertiary/aromatic N) is 6. The number of imidazole rings is 1. The zero-order valence-electron chi connectivity index (χ0n) is 15.2. The zero-order valence-corrected chi connectivity index (χ0v) is 15.2. The average molecular weight is 352 g/mol. The molecule has 0 atom stereocenters. The fraction of sp³-hybridized carbons (Fsp3) is 0.368. The highest BCUT2D eigenvalue weighted by molar-refractivity contribution is 5.91. The lowest BCUT2D eigenvalue weighted by atomic mass is 10.2. The molecule has 1 amide bonds. The first kappa shape index (κ1) is 17.8. The predicted molar refractivity (Wildman–Crippen MR) is 99.2 cm³/mol. The Morgan fingerprint density at radius 1 is 1.23 bits per heavy atom. The molecule has 0 aliphatic carbocycles. The summed E-state index contributed by atoms with van der Waals surface area (Å²) in [7, 11) is 1.79. The first-order valence-electron chi connectivity index (χ1n) is 8.92. The molecule has 0 saturated heterocycles. The average Bonchev–Trinajstić information content (AvgIpc) is 3.32. The van der Waals surface area contributed by atoms with Gasteiger partial charge < -0.3 is 9.47 Å². The molecule has 1 aromatic carbocycles. The van der Waals surface area contributed by atoms with Gasteiger partial charge in [-0.05, 0) is 25.0 Å². The number of amides is 1. The van der Waals surface area contributed by atoms with E-state index in [0.717, 1.165) is 37.3 Å². The van der Waals surface area contributed by atoms with Crippen molar-refractivity contribution in [1.82, 2.24) is 29.4 Å². The van der Waals surface area contributed by atoms with Crippen LogP contribution in [0.3, 0.4) is 0 Å². The van der Waals surface area contributed by atoms with Crippen molar-refractivity contribution in [2.45, 2.75) is 32.7 Å². The molecule has 0 aliphatic heterocycles. The van der Waals surface area contributed by atoms with Gasteiger partial charge in [0.1, 0.15) is 5.82 Å². The fourth-order valence-electron chi connectivity index (χ4n) is 2.83. The summed E-state index contributed by atoms with van der Waals surface area (Å²) in [6.07, 6.45) is 8.15. The van der Waals surface area contributed by atoms with E-state index in [1.165, 1.54) is 11.0 Å². The molecule has 0 radical (unpaired) electrons. The van der Waals surface area contributed by atoms with Crippen LogP contribution in [-0.4, -0.2) is 48.9 Å². The van der Waals surface area contributed by atoms with Gasteiger partial charge in [0.15, 0.2) is 5.69 Å². The van der Waals surface area contributed by atoms with Crippen molar-refractivity contribution in [2.24, 2.45) is 0 Å². The molecule has 3 rings (SSSR count). The van der Waals surface area contributed by atoms with Crippen LogP contribution in [0, 0.1) is 0 Å².